The number of carbonyl (C=O) groups excluding carboxylic acids is 2. The zero-order chi connectivity index (χ0) is 16.4. The quantitative estimate of drug-likeness (QED) is 0.752. The number of nitrogens with zero attached hydrogens (tertiary/aromatic N) is 2. The van der Waals surface area contributed by atoms with Gasteiger partial charge in [-0.15, -0.1) is 0 Å². The van der Waals surface area contributed by atoms with E-state index in [0.29, 0.717) is 0 Å². The molecule has 5 heteroatoms. The van der Waals surface area contributed by atoms with E-state index in [2.05, 4.69) is 5.10 Å². The fraction of sp³-hybridized carbons (Fsp3) is 0.0556. The first-order chi connectivity index (χ1) is 11.1. The number of carbonyl (C=O) groups is 2. The van der Waals surface area contributed by atoms with Crippen LogP contribution in [0.15, 0.2) is 60.8 Å². The molecule has 0 atom stereocenters. The lowest BCUT2D eigenvalue weighted by molar-refractivity contribution is 0.0986. The number of phenolic OH excluding ortho intramolecular Hbond substituents is 1. The second-order valence-corrected chi connectivity index (χ2v) is 5.07. The molecule has 0 amide bonds. The largest absolute Gasteiger partial charge is 0.507 e. The first kappa shape index (κ1) is 14.7. The third-order valence-corrected chi connectivity index (χ3v) is 3.46. The van der Waals surface area contributed by atoms with Gasteiger partial charge in [-0.05, 0) is 24.3 Å². The molecule has 3 aromatic rings. The SMILES string of the molecule is CC(=O)c1nn(-c2ccccc2)cc1C(=O)c1ccccc1O. The van der Waals surface area contributed by atoms with Crippen LogP contribution in [0.5, 0.6) is 5.75 Å². The standard InChI is InChI=1S/C18H14N2O3/c1-12(21)17-15(18(23)14-9-5-6-10-16(14)22)11-20(19-17)13-7-3-2-4-8-13/h2-11,22H,1H3. The number of aromatic hydroxyl groups is 1. The van der Waals surface area contributed by atoms with Gasteiger partial charge in [0.2, 0.25) is 5.78 Å². The Balaban J connectivity index is 2.12. The Labute approximate surface area is 132 Å². The number of ketones is 2. The van der Waals surface area contributed by atoms with Gasteiger partial charge in [0.1, 0.15) is 11.4 Å². The van der Waals surface area contributed by atoms with E-state index in [9.17, 15) is 14.7 Å². The maximum Gasteiger partial charge on any atom is 0.200 e. The van der Waals surface area contributed by atoms with Crippen molar-refractivity contribution in [2.24, 2.45) is 0 Å². The number of para-hydroxylation sites is 2. The van der Waals surface area contributed by atoms with E-state index < -0.39 is 5.78 Å². The van der Waals surface area contributed by atoms with Gasteiger partial charge in [-0.1, -0.05) is 30.3 Å². The van der Waals surface area contributed by atoms with Gasteiger partial charge in [0.15, 0.2) is 5.78 Å². The molecular weight excluding hydrogens is 292 g/mol. The topological polar surface area (TPSA) is 72.2 Å². The third kappa shape index (κ3) is 2.76. The van der Waals surface area contributed by atoms with Crippen molar-refractivity contribution in [3.63, 3.8) is 0 Å². The van der Waals surface area contributed by atoms with Crippen molar-refractivity contribution in [1.29, 1.82) is 0 Å². The van der Waals surface area contributed by atoms with E-state index in [0.717, 1.165) is 5.69 Å². The molecule has 3 rings (SSSR count). The Morgan fingerprint density at radius 1 is 0.957 bits per heavy atom. The molecule has 5 nitrogen and oxygen atoms in total. The lowest BCUT2D eigenvalue weighted by Crippen LogP contribution is -2.06. The van der Waals surface area contributed by atoms with Crippen LogP contribution in [-0.2, 0) is 0 Å². The minimum absolute atomic E-state index is 0.0853. The zero-order valence-corrected chi connectivity index (χ0v) is 12.4. The van der Waals surface area contributed by atoms with Crippen molar-refractivity contribution in [1.82, 2.24) is 9.78 Å². The summed E-state index contributed by atoms with van der Waals surface area (Å²) in [6.45, 7) is 1.36. The average Bonchev–Trinajstić information content (AvgIpc) is 3.01. The minimum Gasteiger partial charge on any atom is -0.507 e. The molecule has 1 heterocycles. The van der Waals surface area contributed by atoms with Crippen molar-refractivity contribution in [2.45, 2.75) is 6.92 Å². The summed E-state index contributed by atoms with van der Waals surface area (Å²) in [6, 6.07) is 15.4. The van der Waals surface area contributed by atoms with Crippen LogP contribution in [0.25, 0.3) is 5.69 Å². The highest BCUT2D eigenvalue weighted by atomic mass is 16.3. The summed E-state index contributed by atoms with van der Waals surface area (Å²) >= 11 is 0. The smallest absolute Gasteiger partial charge is 0.200 e. The van der Waals surface area contributed by atoms with Crippen LogP contribution in [0.2, 0.25) is 0 Å². The van der Waals surface area contributed by atoms with Gasteiger partial charge in [0.05, 0.1) is 16.8 Å². The number of hydrogen-bond acceptors (Lipinski definition) is 4. The first-order valence-corrected chi connectivity index (χ1v) is 7.06. The van der Waals surface area contributed by atoms with Gasteiger partial charge in [0, 0.05) is 13.1 Å². The first-order valence-electron chi connectivity index (χ1n) is 7.06. The van der Waals surface area contributed by atoms with Gasteiger partial charge in [-0.3, -0.25) is 9.59 Å². The van der Waals surface area contributed by atoms with E-state index in [1.165, 1.54) is 29.9 Å². The molecule has 0 aliphatic heterocycles. The molecule has 0 bridgehead atoms. The average molecular weight is 306 g/mol. The van der Waals surface area contributed by atoms with Crippen molar-refractivity contribution in [3.05, 3.63) is 77.6 Å². The second kappa shape index (κ2) is 5.88. The molecule has 0 spiro atoms. The lowest BCUT2D eigenvalue weighted by Gasteiger charge is -2.02. The molecule has 0 fully saturated rings. The van der Waals surface area contributed by atoms with Crippen molar-refractivity contribution < 1.29 is 14.7 Å². The summed E-state index contributed by atoms with van der Waals surface area (Å²) in [4.78, 5) is 24.5. The van der Waals surface area contributed by atoms with E-state index >= 15 is 0 Å². The molecule has 23 heavy (non-hydrogen) atoms. The molecule has 0 aliphatic carbocycles. The monoisotopic (exact) mass is 306 g/mol. The number of rotatable bonds is 4. The van der Waals surface area contributed by atoms with Crippen LogP contribution in [0.1, 0.15) is 33.3 Å². The third-order valence-electron chi connectivity index (χ3n) is 3.46. The van der Waals surface area contributed by atoms with Crippen LogP contribution < -0.4 is 0 Å². The van der Waals surface area contributed by atoms with Crippen molar-refractivity contribution in [3.8, 4) is 11.4 Å². The summed E-state index contributed by atoms with van der Waals surface area (Å²) in [5.41, 5.74) is 1.14. The fourth-order valence-corrected chi connectivity index (χ4v) is 2.32. The lowest BCUT2D eigenvalue weighted by atomic mass is 10.0. The van der Waals surface area contributed by atoms with Crippen LogP contribution in [0, 0.1) is 0 Å². The molecule has 0 unspecified atom stereocenters. The Kier molecular flexibility index (Phi) is 3.76. The summed E-state index contributed by atoms with van der Waals surface area (Å²) in [7, 11) is 0. The van der Waals surface area contributed by atoms with Gasteiger partial charge >= 0.3 is 0 Å². The van der Waals surface area contributed by atoms with Gasteiger partial charge in [0.25, 0.3) is 0 Å². The molecule has 0 aliphatic rings. The summed E-state index contributed by atoms with van der Waals surface area (Å²) < 4.78 is 1.49. The molecule has 0 saturated heterocycles. The van der Waals surface area contributed by atoms with E-state index in [-0.39, 0.29) is 28.4 Å². The van der Waals surface area contributed by atoms with Crippen LogP contribution in [0.3, 0.4) is 0 Å². The number of benzene rings is 2. The van der Waals surface area contributed by atoms with Crippen molar-refractivity contribution in [2.75, 3.05) is 0 Å². The summed E-state index contributed by atoms with van der Waals surface area (Å²) in [5.74, 6) is -0.867. The molecular formula is C18H14N2O3. The molecule has 0 radical (unpaired) electrons. The van der Waals surface area contributed by atoms with E-state index in [1.54, 1.807) is 12.1 Å². The molecule has 0 saturated carbocycles. The Morgan fingerprint density at radius 2 is 1.61 bits per heavy atom. The molecule has 114 valence electrons. The molecule has 1 aromatic heterocycles. The summed E-state index contributed by atoms with van der Waals surface area (Å²) in [5, 5.41) is 14.1. The van der Waals surface area contributed by atoms with Gasteiger partial charge < -0.3 is 5.11 Å². The zero-order valence-electron chi connectivity index (χ0n) is 12.4. The molecule has 1 N–H and O–H groups in total. The van der Waals surface area contributed by atoms with Crippen LogP contribution in [-0.4, -0.2) is 26.5 Å². The number of aromatic nitrogens is 2. The second-order valence-electron chi connectivity index (χ2n) is 5.07. The van der Waals surface area contributed by atoms with Crippen LogP contribution in [0.4, 0.5) is 0 Å². The highest BCUT2D eigenvalue weighted by molar-refractivity contribution is 6.15. The van der Waals surface area contributed by atoms with E-state index in [4.69, 9.17) is 0 Å². The Morgan fingerprint density at radius 3 is 2.26 bits per heavy atom. The normalized spacial score (nSPS) is 10.5. The van der Waals surface area contributed by atoms with Gasteiger partial charge in [-0.2, -0.15) is 5.10 Å². The Hall–Kier alpha value is -3.21. The van der Waals surface area contributed by atoms with E-state index in [1.807, 2.05) is 30.3 Å². The number of Topliss-reactive ketones (excluding diaryl/α,β-unsaturated/α-hetero) is 1. The van der Waals surface area contributed by atoms with Crippen LogP contribution >= 0.6 is 0 Å². The minimum atomic E-state index is -0.435. The fourth-order valence-electron chi connectivity index (χ4n) is 2.32. The highest BCUT2D eigenvalue weighted by Gasteiger charge is 2.23. The maximum absolute atomic E-state index is 12.7. The van der Waals surface area contributed by atoms with Gasteiger partial charge in [-0.25, -0.2) is 4.68 Å². The maximum atomic E-state index is 12.7. The highest BCUT2D eigenvalue weighted by Crippen LogP contribution is 2.22. The van der Waals surface area contributed by atoms with Crippen molar-refractivity contribution >= 4 is 11.6 Å². The predicted octanol–water partition coefficient (Wildman–Crippen LogP) is 3.01. The number of phenols is 1. The summed E-state index contributed by atoms with van der Waals surface area (Å²) in [6.07, 6.45) is 1.51. The predicted molar refractivity (Wildman–Crippen MR) is 85.1 cm³/mol. The number of hydrogen-bond donors (Lipinski definition) is 1. The molecule has 2 aromatic carbocycles. The Bertz CT molecular complexity index is 882.